The van der Waals surface area contributed by atoms with Crippen molar-refractivity contribution in [3.05, 3.63) is 60.4 Å². The molecule has 0 aliphatic rings. The van der Waals surface area contributed by atoms with E-state index in [9.17, 15) is 0 Å². The number of rotatable bonds is 7. The molecule has 1 N–H and O–H groups in total. The van der Waals surface area contributed by atoms with Crippen LogP contribution in [0.2, 0.25) is 0 Å². The fraction of sp³-hybridized carbons (Fsp3) is 0.200. The van der Waals surface area contributed by atoms with E-state index in [2.05, 4.69) is 27.4 Å². The highest BCUT2D eigenvalue weighted by Gasteiger charge is 2.15. The van der Waals surface area contributed by atoms with Crippen LogP contribution in [0.1, 0.15) is 5.56 Å². The van der Waals surface area contributed by atoms with Crippen molar-refractivity contribution in [2.24, 2.45) is 0 Å². The summed E-state index contributed by atoms with van der Waals surface area (Å²) in [6.07, 6.45) is 3.40. The lowest BCUT2D eigenvalue weighted by molar-refractivity contribution is 0.324. The van der Waals surface area contributed by atoms with Crippen LogP contribution in [-0.2, 0) is 6.54 Å². The molecular formula is C20H21N3O3. The quantitative estimate of drug-likeness (QED) is 0.699. The second kappa shape index (κ2) is 8.20. The van der Waals surface area contributed by atoms with Gasteiger partial charge in [0.25, 0.3) is 0 Å². The van der Waals surface area contributed by atoms with Gasteiger partial charge in [-0.05, 0) is 17.7 Å². The van der Waals surface area contributed by atoms with E-state index in [1.54, 1.807) is 33.7 Å². The smallest absolute Gasteiger partial charge is 0.203 e. The first-order valence-corrected chi connectivity index (χ1v) is 8.15. The average Bonchev–Trinajstić information content (AvgIpc) is 2.72. The number of hydrogen-bond acceptors (Lipinski definition) is 6. The molecule has 0 unspecified atom stereocenters. The van der Waals surface area contributed by atoms with Crippen molar-refractivity contribution in [1.29, 1.82) is 0 Å². The summed E-state index contributed by atoms with van der Waals surface area (Å²) in [6, 6.07) is 13.8. The third-order valence-electron chi connectivity index (χ3n) is 3.91. The number of anilines is 1. The fourth-order valence-corrected chi connectivity index (χ4v) is 2.61. The van der Waals surface area contributed by atoms with Gasteiger partial charge in [-0.2, -0.15) is 0 Å². The largest absolute Gasteiger partial charge is 0.493 e. The number of methoxy groups -OCH3 is 3. The lowest BCUT2D eigenvalue weighted by Crippen LogP contribution is -2.02. The Morgan fingerprint density at radius 3 is 2.19 bits per heavy atom. The number of aromatic nitrogens is 2. The molecule has 6 nitrogen and oxygen atoms in total. The van der Waals surface area contributed by atoms with Gasteiger partial charge in [0.2, 0.25) is 5.75 Å². The molecule has 0 saturated heterocycles. The van der Waals surface area contributed by atoms with Crippen molar-refractivity contribution in [3.63, 3.8) is 0 Å². The molecule has 0 amide bonds. The third-order valence-corrected chi connectivity index (χ3v) is 3.91. The second-order valence-electron chi connectivity index (χ2n) is 5.54. The number of nitrogens with zero attached hydrogens (tertiary/aromatic N) is 2. The normalized spacial score (nSPS) is 10.3. The lowest BCUT2D eigenvalue weighted by Gasteiger charge is -2.14. The molecule has 0 aliphatic heterocycles. The number of nitrogens with one attached hydrogen (secondary N) is 1. The van der Waals surface area contributed by atoms with Crippen LogP contribution in [0.5, 0.6) is 17.2 Å². The highest BCUT2D eigenvalue weighted by atomic mass is 16.5. The van der Waals surface area contributed by atoms with E-state index in [1.807, 2.05) is 30.3 Å². The van der Waals surface area contributed by atoms with Crippen molar-refractivity contribution >= 4 is 5.82 Å². The van der Waals surface area contributed by atoms with Gasteiger partial charge in [-0.15, -0.1) is 0 Å². The minimum atomic E-state index is 0.546. The summed E-state index contributed by atoms with van der Waals surface area (Å²) in [5.74, 6) is 2.39. The molecule has 0 fully saturated rings. The minimum Gasteiger partial charge on any atom is -0.493 e. The molecule has 0 saturated carbocycles. The Bertz CT molecular complexity index is 844. The first-order chi connectivity index (χ1) is 12.7. The van der Waals surface area contributed by atoms with Crippen molar-refractivity contribution in [2.75, 3.05) is 26.6 Å². The van der Waals surface area contributed by atoms with E-state index >= 15 is 0 Å². The van der Waals surface area contributed by atoms with Crippen LogP contribution in [-0.4, -0.2) is 31.3 Å². The molecular weight excluding hydrogens is 330 g/mol. The Hall–Kier alpha value is -3.28. The number of ether oxygens (including phenoxy) is 3. The van der Waals surface area contributed by atoms with E-state index in [0.717, 1.165) is 5.56 Å². The Labute approximate surface area is 152 Å². The number of hydrogen-bond donors (Lipinski definition) is 1. The summed E-state index contributed by atoms with van der Waals surface area (Å²) < 4.78 is 16.2. The van der Waals surface area contributed by atoms with Crippen molar-refractivity contribution in [3.8, 4) is 28.5 Å². The van der Waals surface area contributed by atoms with Crippen LogP contribution >= 0.6 is 0 Å². The first-order valence-electron chi connectivity index (χ1n) is 8.15. The zero-order chi connectivity index (χ0) is 18.4. The van der Waals surface area contributed by atoms with Crippen LogP contribution < -0.4 is 19.5 Å². The fourth-order valence-electron chi connectivity index (χ4n) is 2.61. The molecule has 6 heteroatoms. The Morgan fingerprint density at radius 1 is 0.885 bits per heavy atom. The molecule has 0 aliphatic carbocycles. The zero-order valence-corrected chi connectivity index (χ0v) is 15.0. The second-order valence-corrected chi connectivity index (χ2v) is 5.54. The van der Waals surface area contributed by atoms with Gasteiger partial charge in [0.1, 0.15) is 5.82 Å². The van der Waals surface area contributed by atoms with Crippen molar-refractivity contribution < 1.29 is 14.2 Å². The molecule has 3 rings (SSSR count). The van der Waals surface area contributed by atoms with Crippen LogP contribution in [0, 0.1) is 0 Å². The molecule has 3 aromatic rings. The first kappa shape index (κ1) is 17.5. The summed E-state index contributed by atoms with van der Waals surface area (Å²) >= 11 is 0. The van der Waals surface area contributed by atoms with Gasteiger partial charge in [-0.25, -0.2) is 4.98 Å². The Kier molecular flexibility index (Phi) is 5.53. The van der Waals surface area contributed by atoms with Gasteiger partial charge in [0.15, 0.2) is 11.5 Å². The van der Waals surface area contributed by atoms with E-state index in [0.29, 0.717) is 35.3 Å². The van der Waals surface area contributed by atoms with Gasteiger partial charge < -0.3 is 19.5 Å². The van der Waals surface area contributed by atoms with Gasteiger partial charge in [-0.1, -0.05) is 30.3 Å². The molecule has 1 aromatic heterocycles. The van der Waals surface area contributed by atoms with E-state index < -0.39 is 0 Å². The van der Waals surface area contributed by atoms with Gasteiger partial charge >= 0.3 is 0 Å². The van der Waals surface area contributed by atoms with E-state index in [-0.39, 0.29) is 0 Å². The monoisotopic (exact) mass is 351 g/mol. The summed E-state index contributed by atoms with van der Waals surface area (Å²) in [4.78, 5) is 8.93. The molecule has 0 radical (unpaired) electrons. The third kappa shape index (κ3) is 3.85. The van der Waals surface area contributed by atoms with Gasteiger partial charge in [0.05, 0.1) is 39.4 Å². The maximum Gasteiger partial charge on any atom is 0.203 e. The topological polar surface area (TPSA) is 65.5 Å². The minimum absolute atomic E-state index is 0.546. The number of benzene rings is 2. The molecule has 134 valence electrons. The van der Waals surface area contributed by atoms with Crippen LogP contribution in [0.15, 0.2) is 54.9 Å². The molecule has 0 spiro atoms. The van der Waals surface area contributed by atoms with E-state index in [4.69, 9.17) is 14.2 Å². The highest BCUT2D eigenvalue weighted by Crippen LogP contribution is 2.40. The van der Waals surface area contributed by atoms with Crippen LogP contribution in [0.25, 0.3) is 11.3 Å². The van der Waals surface area contributed by atoms with Crippen molar-refractivity contribution in [2.45, 2.75) is 6.54 Å². The molecule has 26 heavy (non-hydrogen) atoms. The molecule has 1 heterocycles. The summed E-state index contributed by atoms with van der Waals surface area (Å²) in [6.45, 7) is 0.675. The molecule has 0 bridgehead atoms. The maximum atomic E-state index is 5.41. The Morgan fingerprint density at radius 2 is 1.58 bits per heavy atom. The van der Waals surface area contributed by atoms with Crippen LogP contribution in [0.4, 0.5) is 5.82 Å². The zero-order valence-electron chi connectivity index (χ0n) is 15.0. The molecule has 0 atom stereocenters. The van der Waals surface area contributed by atoms with E-state index in [1.165, 1.54) is 5.56 Å². The van der Waals surface area contributed by atoms with Crippen LogP contribution in [0.3, 0.4) is 0 Å². The maximum absolute atomic E-state index is 5.41. The summed E-state index contributed by atoms with van der Waals surface area (Å²) in [7, 11) is 4.75. The van der Waals surface area contributed by atoms with Crippen molar-refractivity contribution in [1.82, 2.24) is 9.97 Å². The highest BCUT2D eigenvalue weighted by molar-refractivity contribution is 5.69. The predicted octanol–water partition coefficient (Wildman–Crippen LogP) is 3.78. The van der Waals surface area contributed by atoms with Gasteiger partial charge in [-0.3, -0.25) is 4.98 Å². The van der Waals surface area contributed by atoms with Gasteiger partial charge in [0, 0.05) is 12.1 Å². The predicted molar refractivity (Wildman–Crippen MR) is 101 cm³/mol. The lowest BCUT2D eigenvalue weighted by atomic mass is 10.1. The summed E-state index contributed by atoms with van der Waals surface area (Å²) in [5.41, 5.74) is 2.71. The summed E-state index contributed by atoms with van der Waals surface area (Å²) in [5, 5.41) is 3.29. The Balaban J connectivity index is 1.88. The SMILES string of the molecule is COc1cc(-c2cncc(NCc3ccccc3)n2)cc(OC)c1OC. The average molecular weight is 351 g/mol. The molecule has 2 aromatic carbocycles. The standard InChI is InChI=1S/C20H21N3O3/c1-24-17-9-15(10-18(25-2)20(17)26-3)16-12-21-13-19(23-16)22-11-14-7-5-4-6-8-14/h4-10,12-13H,11H2,1-3H3,(H,22,23).